The van der Waals surface area contributed by atoms with Gasteiger partial charge in [0.2, 0.25) is 0 Å². The molecule has 8 atom stereocenters. The fourth-order valence-corrected chi connectivity index (χ4v) is 6.88. The molecule has 0 radical (unpaired) electrons. The Hall–Kier alpha value is -3.89. The molecule has 4 aromatic carbocycles. The van der Waals surface area contributed by atoms with E-state index < -0.39 is 18.7 Å². The van der Waals surface area contributed by atoms with E-state index in [0.717, 1.165) is 22.3 Å². The maximum atomic E-state index is 14.1. The fraction of sp³-hybridized carbons (Fsp3) is 0.306. The van der Waals surface area contributed by atoms with Gasteiger partial charge < -0.3 is 23.7 Å². The van der Waals surface area contributed by atoms with E-state index in [1.54, 1.807) is 0 Å². The molecule has 0 aliphatic carbocycles. The Morgan fingerprint density at radius 2 is 1.07 bits per heavy atom. The highest BCUT2D eigenvalue weighted by atomic mass is 16.7. The van der Waals surface area contributed by atoms with E-state index in [1.807, 2.05) is 126 Å². The van der Waals surface area contributed by atoms with Crippen LogP contribution in [0.5, 0.6) is 0 Å². The summed E-state index contributed by atoms with van der Waals surface area (Å²) >= 11 is 0. The molecule has 0 spiro atoms. The van der Waals surface area contributed by atoms with Gasteiger partial charge in [0.1, 0.15) is 18.2 Å². The van der Waals surface area contributed by atoms with Crippen LogP contribution in [-0.4, -0.2) is 59.5 Å². The van der Waals surface area contributed by atoms with Crippen LogP contribution in [0, 0.1) is 0 Å². The SMILES string of the molecule is O=C1[C@@H](OCc2ccccc2)[C@@H](c2ccccc2)N1N1[C@H]2COC(c3ccccc3)O[C@H]2[C@@H]2OC(c3ccccc3)OC[C@@H]21. The molecule has 0 aromatic heterocycles. The van der Waals surface area contributed by atoms with E-state index in [0.29, 0.717) is 19.8 Å². The van der Waals surface area contributed by atoms with Crippen LogP contribution >= 0.6 is 0 Å². The van der Waals surface area contributed by atoms with Gasteiger partial charge in [-0.25, -0.2) is 5.01 Å². The molecule has 0 saturated carbocycles. The first-order valence-corrected chi connectivity index (χ1v) is 15.2. The number of amides is 1. The second-order valence-electron chi connectivity index (χ2n) is 11.6. The smallest absolute Gasteiger partial charge is 0.269 e. The van der Waals surface area contributed by atoms with E-state index in [-0.39, 0.29) is 36.2 Å². The predicted octanol–water partition coefficient (Wildman–Crippen LogP) is 5.35. The van der Waals surface area contributed by atoms with Crippen molar-refractivity contribution in [2.45, 2.75) is 55.6 Å². The average molecular weight is 591 g/mol. The van der Waals surface area contributed by atoms with Gasteiger partial charge in [-0.2, -0.15) is 0 Å². The largest absolute Gasteiger partial charge is 0.361 e. The minimum Gasteiger partial charge on any atom is -0.361 e. The summed E-state index contributed by atoms with van der Waals surface area (Å²) in [5.41, 5.74) is 3.92. The monoisotopic (exact) mass is 590 g/mol. The van der Waals surface area contributed by atoms with Gasteiger partial charge in [-0.3, -0.25) is 9.80 Å². The minimum atomic E-state index is -0.625. The lowest BCUT2D eigenvalue weighted by atomic mass is 9.92. The third-order valence-electron chi connectivity index (χ3n) is 8.99. The van der Waals surface area contributed by atoms with Gasteiger partial charge in [0.25, 0.3) is 5.91 Å². The van der Waals surface area contributed by atoms with E-state index in [2.05, 4.69) is 5.01 Å². The summed E-state index contributed by atoms with van der Waals surface area (Å²) in [6.45, 7) is 1.09. The third-order valence-corrected chi connectivity index (χ3v) is 8.99. The molecule has 4 aliphatic heterocycles. The molecule has 0 bridgehead atoms. The maximum absolute atomic E-state index is 14.1. The average Bonchev–Trinajstić information content (AvgIpc) is 3.41. The quantitative estimate of drug-likeness (QED) is 0.269. The van der Waals surface area contributed by atoms with Gasteiger partial charge in [-0.15, -0.1) is 0 Å². The number of hydrazine groups is 1. The number of carbonyl (C=O) groups is 1. The normalized spacial score (nSPS) is 31.6. The van der Waals surface area contributed by atoms with Crippen LogP contribution < -0.4 is 0 Å². The molecular formula is C36H34N2O6. The van der Waals surface area contributed by atoms with Crippen molar-refractivity contribution < 1.29 is 28.5 Å². The Kier molecular flexibility index (Phi) is 7.47. The number of fused-ring (bicyclic) bond motifs is 3. The van der Waals surface area contributed by atoms with Crippen LogP contribution in [0.15, 0.2) is 121 Å². The van der Waals surface area contributed by atoms with Crippen molar-refractivity contribution in [2.75, 3.05) is 13.2 Å². The molecular weight excluding hydrogens is 556 g/mol. The van der Waals surface area contributed by atoms with Crippen molar-refractivity contribution in [1.82, 2.24) is 10.0 Å². The van der Waals surface area contributed by atoms with Crippen LogP contribution in [0.25, 0.3) is 0 Å². The van der Waals surface area contributed by atoms with E-state index in [4.69, 9.17) is 23.7 Å². The first-order chi connectivity index (χ1) is 21.8. The Morgan fingerprint density at radius 1 is 0.614 bits per heavy atom. The summed E-state index contributed by atoms with van der Waals surface area (Å²) in [5, 5.41) is 3.96. The predicted molar refractivity (Wildman–Crippen MR) is 160 cm³/mol. The van der Waals surface area contributed by atoms with Crippen molar-refractivity contribution in [3.63, 3.8) is 0 Å². The summed E-state index contributed by atoms with van der Waals surface area (Å²) < 4.78 is 32.3. The molecule has 4 heterocycles. The molecule has 4 aromatic rings. The minimum absolute atomic E-state index is 0.0930. The second kappa shape index (κ2) is 11.9. The topological polar surface area (TPSA) is 69.7 Å². The van der Waals surface area contributed by atoms with Crippen LogP contribution in [-0.2, 0) is 35.1 Å². The zero-order valence-corrected chi connectivity index (χ0v) is 24.1. The molecule has 0 N–H and O–H groups in total. The van der Waals surface area contributed by atoms with E-state index >= 15 is 0 Å². The Balaban J connectivity index is 1.11. The van der Waals surface area contributed by atoms with E-state index in [9.17, 15) is 4.79 Å². The summed E-state index contributed by atoms with van der Waals surface area (Å²) in [7, 11) is 0. The second-order valence-corrected chi connectivity index (χ2v) is 11.6. The standard InChI is InChI=1S/C36H34N2O6/c39-34-33(40-21-24-13-5-1-6-14-24)30(25-15-7-2-8-16-25)38(34)37-28-22-41-35(26-17-9-3-10-18-26)43-31(28)32-29(37)23-42-36(44-32)27-19-11-4-12-20-27/h1-20,28-33,35-36H,21-23H2/t28-,29-,30+,31+,32+,33-,35?,36?/m0/s1. The Morgan fingerprint density at radius 3 is 1.57 bits per heavy atom. The molecule has 8 heteroatoms. The number of hydrogen-bond donors (Lipinski definition) is 0. The van der Waals surface area contributed by atoms with Gasteiger partial charge in [0.15, 0.2) is 18.7 Å². The molecule has 4 fully saturated rings. The molecule has 4 saturated heterocycles. The van der Waals surface area contributed by atoms with Gasteiger partial charge in [-0.05, 0) is 11.1 Å². The highest BCUT2D eigenvalue weighted by Gasteiger charge is 2.63. The lowest BCUT2D eigenvalue weighted by Crippen LogP contribution is -2.70. The van der Waals surface area contributed by atoms with Crippen molar-refractivity contribution in [2.24, 2.45) is 0 Å². The molecule has 224 valence electrons. The van der Waals surface area contributed by atoms with Crippen molar-refractivity contribution in [3.05, 3.63) is 144 Å². The fourth-order valence-electron chi connectivity index (χ4n) is 6.88. The van der Waals surface area contributed by atoms with Crippen molar-refractivity contribution in [3.8, 4) is 0 Å². The van der Waals surface area contributed by atoms with Crippen LogP contribution in [0.2, 0.25) is 0 Å². The van der Waals surface area contributed by atoms with Gasteiger partial charge >= 0.3 is 0 Å². The number of nitrogens with zero attached hydrogens (tertiary/aromatic N) is 2. The van der Waals surface area contributed by atoms with Gasteiger partial charge in [0, 0.05) is 11.1 Å². The molecule has 2 unspecified atom stereocenters. The first kappa shape index (κ1) is 27.6. The number of carbonyl (C=O) groups excluding carboxylic acids is 1. The zero-order valence-electron chi connectivity index (χ0n) is 24.1. The van der Waals surface area contributed by atoms with Gasteiger partial charge in [-0.1, -0.05) is 121 Å². The first-order valence-electron chi connectivity index (χ1n) is 15.2. The summed E-state index contributed by atoms with van der Waals surface area (Å²) in [5.74, 6) is -0.0930. The van der Waals surface area contributed by atoms with Gasteiger partial charge in [0.05, 0.1) is 31.9 Å². The molecule has 44 heavy (non-hydrogen) atoms. The van der Waals surface area contributed by atoms with Crippen molar-refractivity contribution >= 4 is 5.91 Å². The molecule has 8 nitrogen and oxygen atoms in total. The number of β-lactam (4-membered cyclic amide) rings is 1. The lowest BCUT2D eigenvalue weighted by molar-refractivity contribution is -0.278. The number of ether oxygens (including phenoxy) is 5. The highest BCUT2D eigenvalue weighted by Crippen LogP contribution is 2.48. The number of rotatable bonds is 7. The summed E-state index contributed by atoms with van der Waals surface area (Å²) in [4.78, 5) is 14.1. The number of hydrogen-bond acceptors (Lipinski definition) is 7. The summed E-state index contributed by atoms with van der Waals surface area (Å²) in [6, 6.07) is 39.1. The molecule has 4 aliphatic rings. The third kappa shape index (κ3) is 4.94. The molecule has 8 rings (SSSR count). The lowest BCUT2D eigenvalue weighted by Gasteiger charge is -2.54. The van der Waals surface area contributed by atoms with Crippen molar-refractivity contribution in [1.29, 1.82) is 0 Å². The van der Waals surface area contributed by atoms with Crippen LogP contribution in [0.1, 0.15) is 40.9 Å². The van der Waals surface area contributed by atoms with Crippen LogP contribution in [0.4, 0.5) is 0 Å². The highest BCUT2D eigenvalue weighted by molar-refractivity contribution is 5.88. The zero-order chi connectivity index (χ0) is 29.5. The number of benzene rings is 4. The summed E-state index contributed by atoms with van der Waals surface area (Å²) in [6.07, 6.45) is -2.37. The molecule has 1 amide bonds. The Bertz CT molecular complexity index is 1500. The van der Waals surface area contributed by atoms with Crippen LogP contribution in [0.3, 0.4) is 0 Å². The maximum Gasteiger partial charge on any atom is 0.269 e. The Labute approximate surface area is 256 Å². The van der Waals surface area contributed by atoms with E-state index in [1.165, 1.54) is 0 Å².